The molecule has 68 valence electrons. The molecule has 0 amide bonds. The van der Waals surface area contributed by atoms with Crippen LogP contribution in [-0.4, -0.2) is 22.7 Å². The lowest BCUT2D eigenvalue weighted by Gasteiger charge is -2.05. The van der Waals surface area contributed by atoms with E-state index in [1.54, 1.807) is 6.20 Å². The summed E-state index contributed by atoms with van der Waals surface area (Å²) in [5, 5.41) is 2.21. The number of alkyl halides is 3. The first kappa shape index (κ1) is 9.05. The van der Waals surface area contributed by atoms with E-state index < -0.39 is 12.7 Å². The zero-order valence-electron chi connectivity index (χ0n) is 6.15. The van der Waals surface area contributed by atoms with Gasteiger partial charge in [-0.25, -0.2) is 4.98 Å². The number of hydrogen-bond acceptors (Lipinski definition) is 2. The Morgan fingerprint density at radius 1 is 1.50 bits per heavy atom. The molecule has 1 heterocycles. The molecule has 0 radical (unpaired) electrons. The van der Waals surface area contributed by atoms with Gasteiger partial charge in [-0.2, -0.15) is 13.2 Å². The number of imidazole rings is 1. The summed E-state index contributed by atoms with van der Waals surface area (Å²) < 4.78 is 34.8. The Morgan fingerprint density at radius 2 is 2.25 bits per heavy atom. The average molecular weight is 179 g/mol. The number of halogens is 3. The van der Waals surface area contributed by atoms with Crippen molar-refractivity contribution in [3.05, 3.63) is 18.2 Å². The molecule has 0 aliphatic rings. The van der Waals surface area contributed by atoms with Gasteiger partial charge in [0.1, 0.15) is 5.82 Å². The topological polar surface area (TPSA) is 40.7 Å². The predicted molar refractivity (Wildman–Crippen MR) is 36.3 cm³/mol. The summed E-state index contributed by atoms with van der Waals surface area (Å²) in [4.78, 5) is 6.43. The third-order valence-corrected chi connectivity index (χ3v) is 1.17. The molecule has 0 aliphatic heterocycles. The fourth-order valence-corrected chi connectivity index (χ4v) is 0.717. The first-order valence-corrected chi connectivity index (χ1v) is 3.33. The molecule has 1 rings (SSSR count). The second-order valence-corrected chi connectivity index (χ2v) is 2.25. The van der Waals surface area contributed by atoms with Crippen LogP contribution >= 0.6 is 0 Å². The molecular formula is C6H8F3N3. The van der Waals surface area contributed by atoms with E-state index >= 15 is 0 Å². The van der Waals surface area contributed by atoms with Crippen molar-refractivity contribution in [1.29, 1.82) is 0 Å². The van der Waals surface area contributed by atoms with Crippen molar-refractivity contribution < 1.29 is 13.2 Å². The van der Waals surface area contributed by atoms with Gasteiger partial charge in [0.2, 0.25) is 0 Å². The van der Waals surface area contributed by atoms with Crippen molar-refractivity contribution in [3.8, 4) is 0 Å². The highest BCUT2D eigenvalue weighted by Gasteiger charge is 2.26. The minimum absolute atomic E-state index is 0.104. The van der Waals surface area contributed by atoms with Crippen LogP contribution in [0.5, 0.6) is 0 Å². The van der Waals surface area contributed by atoms with E-state index in [9.17, 15) is 13.2 Å². The molecule has 3 nitrogen and oxygen atoms in total. The molecule has 1 aromatic heterocycles. The zero-order valence-corrected chi connectivity index (χ0v) is 6.15. The van der Waals surface area contributed by atoms with Gasteiger partial charge in [-0.3, -0.25) is 0 Å². The summed E-state index contributed by atoms with van der Waals surface area (Å²) in [5.41, 5.74) is 0. The summed E-state index contributed by atoms with van der Waals surface area (Å²) in [5.74, 6) is 0.499. The Bertz CT molecular complexity index is 216. The number of rotatable bonds is 3. The number of hydrogen-bond donors (Lipinski definition) is 2. The predicted octanol–water partition coefficient (Wildman–Crippen LogP) is 1.06. The molecule has 0 saturated heterocycles. The fraction of sp³-hybridized carbons (Fsp3) is 0.500. The Kier molecular flexibility index (Phi) is 2.69. The summed E-state index contributed by atoms with van der Waals surface area (Å²) in [6, 6.07) is 0. The van der Waals surface area contributed by atoms with Crippen LogP contribution in [0.1, 0.15) is 5.82 Å². The maximum Gasteiger partial charge on any atom is 0.401 e. The second-order valence-electron chi connectivity index (χ2n) is 2.25. The standard InChI is InChI=1S/C6H8F3N3/c7-6(8,9)4-10-3-5-11-1-2-12-5/h1-2,10H,3-4H2,(H,11,12). The maximum absolute atomic E-state index is 11.6. The SMILES string of the molecule is FC(F)(F)CNCc1ncc[nH]1. The third-order valence-electron chi connectivity index (χ3n) is 1.17. The van der Waals surface area contributed by atoms with Gasteiger partial charge < -0.3 is 10.3 Å². The molecule has 1 aromatic rings. The summed E-state index contributed by atoms with van der Waals surface area (Å²) in [7, 11) is 0. The van der Waals surface area contributed by atoms with Gasteiger partial charge in [-0.15, -0.1) is 0 Å². The first-order valence-electron chi connectivity index (χ1n) is 3.33. The highest BCUT2D eigenvalue weighted by molar-refractivity contribution is 4.85. The number of nitrogens with one attached hydrogen (secondary N) is 2. The molecule has 0 unspecified atom stereocenters. The van der Waals surface area contributed by atoms with Gasteiger partial charge >= 0.3 is 6.18 Å². The lowest BCUT2D eigenvalue weighted by Crippen LogP contribution is -2.28. The highest BCUT2D eigenvalue weighted by atomic mass is 19.4. The summed E-state index contributed by atoms with van der Waals surface area (Å²) >= 11 is 0. The number of aromatic amines is 1. The van der Waals surface area contributed by atoms with Crippen LogP contribution in [0.2, 0.25) is 0 Å². The van der Waals surface area contributed by atoms with Crippen molar-refractivity contribution >= 4 is 0 Å². The molecule has 0 atom stereocenters. The molecule has 0 spiro atoms. The van der Waals surface area contributed by atoms with Gasteiger partial charge in [0.25, 0.3) is 0 Å². The number of nitrogens with zero attached hydrogens (tertiary/aromatic N) is 1. The van der Waals surface area contributed by atoms with Crippen molar-refractivity contribution in [2.75, 3.05) is 6.54 Å². The molecule has 0 saturated carbocycles. The molecule has 12 heavy (non-hydrogen) atoms. The fourth-order valence-electron chi connectivity index (χ4n) is 0.717. The Labute approximate surface area is 67.0 Å². The lowest BCUT2D eigenvalue weighted by molar-refractivity contribution is -0.125. The monoisotopic (exact) mass is 179 g/mol. The van der Waals surface area contributed by atoms with E-state index in [0.717, 1.165) is 0 Å². The molecule has 2 N–H and O–H groups in total. The molecular weight excluding hydrogens is 171 g/mol. The average Bonchev–Trinajstić information content (AvgIpc) is 2.36. The van der Waals surface area contributed by atoms with Crippen molar-refractivity contribution in [2.45, 2.75) is 12.7 Å². The van der Waals surface area contributed by atoms with E-state index in [1.165, 1.54) is 6.20 Å². The second kappa shape index (κ2) is 3.57. The quantitative estimate of drug-likeness (QED) is 0.728. The van der Waals surface area contributed by atoms with Crippen LogP contribution in [0, 0.1) is 0 Å². The minimum atomic E-state index is -4.16. The van der Waals surface area contributed by atoms with Crippen LogP contribution in [0.25, 0.3) is 0 Å². The van der Waals surface area contributed by atoms with Gasteiger partial charge in [-0.1, -0.05) is 0 Å². The van der Waals surface area contributed by atoms with E-state index in [4.69, 9.17) is 0 Å². The van der Waals surface area contributed by atoms with E-state index in [1.807, 2.05) is 0 Å². The first-order chi connectivity index (χ1) is 5.58. The van der Waals surface area contributed by atoms with E-state index in [2.05, 4.69) is 15.3 Å². The van der Waals surface area contributed by atoms with Crippen molar-refractivity contribution in [1.82, 2.24) is 15.3 Å². The van der Waals surface area contributed by atoms with Crippen LogP contribution in [-0.2, 0) is 6.54 Å². The van der Waals surface area contributed by atoms with E-state index in [-0.39, 0.29) is 6.54 Å². The van der Waals surface area contributed by atoms with Gasteiger partial charge in [0, 0.05) is 12.4 Å². The summed E-state index contributed by atoms with van der Waals surface area (Å²) in [6.45, 7) is -0.889. The molecule has 0 aromatic carbocycles. The molecule has 0 aliphatic carbocycles. The highest BCUT2D eigenvalue weighted by Crippen LogP contribution is 2.12. The van der Waals surface area contributed by atoms with Gasteiger partial charge in [0.05, 0.1) is 13.1 Å². The number of aromatic nitrogens is 2. The van der Waals surface area contributed by atoms with Gasteiger partial charge in [-0.05, 0) is 0 Å². The minimum Gasteiger partial charge on any atom is -0.348 e. The smallest absolute Gasteiger partial charge is 0.348 e. The molecule has 0 fully saturated rings. The number of H-pyrrole nitrogens is 1. The van der Waals surface area contributed by atoms with Crippen LogP contribution in [0.4, 0.5) is 13.2 Å². The van der Waals surface area contributed by atoms with Crippen molar-refractivity contribution in [2.24, 2.45) is 0 Å². The Balaban J connectivity index is 2.20. The van der Waals surface area contributed by atoms with E-state index in [0.29, 0.717) is 5.82 Å². The Hall–Kier alpha value is -1.04. The molecule has 0 bridgehead atoms. The largest absolute Gasteiger partial charge is 0.401 e. The zero-order chi connectivity index (χ0) is 9.03. The Morgan fingerprint density at radius 3 is 2.75 bits per heavy atom. The molecule has 6 heteroatoms. The van der Waals surface area contributed by atoms with Crippen LogP contribution in [0.15, 0.2) is 12.4 Å². The van der Waals surface area contributed by atoms with Crippen molar-refractivity contribution in [3.63, 3.8) is 0 Å². The third kappa shape index (κ3) is 3.38. The van der Waals surface area contributed by atoms with Crippen LogP contribution < -0.4 is 5.32 Å². The van der Waals surface area contributed by atoms with Crippen LogP contribution in [0.3, 0.4) is 0 Å². The maximum atomic E-state index is 11.6. The van der Waals surface area contributed by atoms with Gasteiger partial charge in [0.15, 0.2) is 0 Å². The summed E-state index contributed by atoms with van der Waals surface area (Å²) in [6.07, 6.45) is -1.11. The normalized spacial score (nSPS) is 11.9. The lowest BCUT2D eigenvalue weighted by atomic mass is 10.5.